The molecule has 0 saturated carbocycles. The first-order valence-electron chi connectivity index (χ1n) is 4.12. The molecule has 0 saturated heterocycles. The minimum atomic E-state index is -1.10. The molecule has 0 aromatic carbocycles. The summed E-state index contributed by atoms with van der Waals surface area (Å²) in [6, 6.07) is -1.10. The van der Waals surface area contributed by atoms with Gasteiger partial charge in [-0.25, -0.2) is 10.9 Å². The summed E-state index contributed by atoms with van der Waals surface area (Å²) in [6.45, 7) is 3.14. The van der Waals surface area contributed by atoms with Crippen molar-refractivity contribution >= 4 is 17.8 Å². The quantitative estimate of drug-likeness (QED) is 0.224. The summed E-state index contributed by atoms with van der Waals surface area (Å²) in [4.78, 5) is 32.3. The van der Waals surface area contributed by atoms with Crippen molar-refractivity contribution in [1.29, 1.82) is 0 Å². The molecular formula is C8H13N3O4. The lowest BCUT2D eigenvalue weighted by molar-refractivity contribution is -0.143. The Hall–Kier alpha value is -1.73. The molecule has 0 aliphatic carbocycles. The fourth-order valence-electron chi connectivity index (χ4n) is 0.788. The van der Waals surface area contributed by atoms with Gasteiger partial charge in [0, 0.05) is 6.42 Å². The Morgan fingerprint density at radius 2 is 2.00 bits per heavy atom. The van der Waals surface area contributed by atoms with Crippen molar-refractivity contribution in [3.8, 4) is 0 Å². The number of carbonyl (C=O) groups is 3. The summed E-state index contributed by atoms with van der Waals surface area (Å²) >= 11 is 0. The molecule has 0 heterocycles. The highest BCUT2D eigenvalue weighted by Gasteiger charge is 2.22. The molecular weight excluding hydrogens is 202 g/mol. The summed E-state index contributed by atoms with van der Waals surface area (Å²) < 4.78 is 0. The van der Waals surface area contributed by atoms with Crippen molar-refractivity contribution in [2.75, 3.05) is 0 Å². The molecule has 0 radical (unpaired) electrons. The van der Waals surface area contributed by atoms with Gasteiger partial charge in [0.05, 0.1) is 6.04 Å². The summed E-state index contributed by atoms with van der Waals surface area (Å²) in [5, 5.41) is 8.66. The monoisotopic (exact) mass is 215 g/mol. The molecule has 0 aliphatic rings. The number of nitrogens with two attached hydrogens (primary N) is 2. The standard InChI is InChI=1S/C8H13N3O4/c1-2-6(12)11(10)8(15)5(9)3-4-7(13)14/h2,5H,1,3-4,9-10H2,(H,13,14)/t5-/m0/s1. The molecule has 7 nitrogen and oxygen atoms in total. The molecule has 0 spiro atoms. The molecule has 0 aliphatic heterocycles. The van der Waals surface area contributed by atoms with Gasteiger partial charge in [0.1, 0.15) is 0 Å². The van der Waals surface area contributed by atoms with Crippen molar-refractivity contribution in [1.82, 2.24) is 5.01 Å². The Morgan fingerprint density at radius 1 is 1.47 bits per heavy atom. The second-order valence-electron chi connectivity index (χ2n) is 2.79. The van der Waals surface area contributed by atoms with Crippen LogP contribution in [0.5, 0.6) is 0 Å². The van der Waals surface area contributed by atoms with Crippen molar-refractivity contribution in [3.05, 3.63) is 12.7 Å². The third-order valence-electron chi connectivity index (χ3n) is 1.64. The van der Waals surface area contributed by atoms with E-state index in [-0.39, 0.29) is 12.8 Å². The molecule has 0 fully saturated rings. The van der Waals surface area contributed by atoms with Gasteiger partial charge in [0.25, 0.3) is 11.8 Å². The van der Waals surface area contributed by atoms with E-state index in [4.69, 9.17) is 16.7 Å². The van der Waals surface area contributed by atoms with Gasteiger partial charge in [-0.05, 0) is 12.5 Å². The van der Waals surface area contributed by atoms with Gasteiger partial charge in [-0.3, -0.25) is 14.4 Å². The molecule has 84 valence electrons. The third kappa shape index (κ3) is 4.34. The lowest BCUT2D eigenvalue weighted by Crippen LogP contribution is -2.50. The Balaban J connectivity index is 4.25. The maximum atomic E-state index is 11.3. The minimum Gasteiger partial charge on any atom is -0.481 e. The van der Waals surface area contributed by atoms with Crippen molar-refractivity contribution in [2.45, 2.75) is 18.9 Å². The summed E-state index contributed by atoms with van der Waals surface area (Å²) in [5.41, 5.74) is 5.34. The number of hydrazine groups is 1. The zero-order valence-electron chi connectivity index (χ0n) is 8.05. The molecule has 0 unspecified atom stereocenters. The van der Waals surface area contributed by atoms with E-state index in [0.717, 1.165) is 6.08 Å². The first-order chi connectivity index (χ1) is 6.90. The van der Waals surface area contributed by atoms with Crippen LogP contribution >= 0.6 is 0 Å². The maximum Gasteiger partial charge on any atom is 0.303 e. The largest absolute Gasteiger partial charge is 0.481 e. The average molecular weight is 215 g/mol. The van der Waals surface area contributed by atoms with Gasteiger partial charge in [-0.2, -0.15) is 0 Å². The fraction of sp³-hybridized carbons (Fsp3) is 0.375. The van der Waals surface area contributed by atoms with Gasteiger partial charge in [-0.1, -0.05) is 6.58 Å². The van der Waals surface area contributed by atoms with E-state index in [0.29, 0.717) is 5.01 Å². The molecule has 0 bridgehead atoms. The molecule has 5 N–H and O–H groups in total. The van der Waals surface area contributed by atoms with Crippen LogP contribution in [-0.4, -0.2) is 33.9 Å². The van der Waals surface area contributed by atoms with Gasteiger partial charge in [-0.15, -0.1) is 0 Å². The maximum absolute atomic E-state index is 11.3. The van der Waals surface area contributed by atoms with Crippen molar-refractivity contribution < 1.29 is 19.5 Å². The molecule has 15 heavy (non-hydrogen) atoms. The molecule has 2 amide bonds. The van der Waals surface area contributed by atoms with Gasteiger partial charge >= 0.3 is 5.97 Å². The predicted octanol–water partition coefficient (Wildman–Crippen LogP) is -1.41. The second kappa shape index (κ2) is 5.89. The van der Waals surface area contributed by atoms with Crippen LogP contribution in [0, 0.1) is 0 Å². The molecule has 0 rings (SSSR count). The fourth-order valence-corrected chi connectivity index (χ4v) is 0.788. The Labute approximate surface area is 86.3 Å². The number of nitrogens with zero attached hydrogens (tertiary/aromatic N) is 1. The Kier molecular flexibility index (Phi) is 5.21. The van der Waals surface area contributed by atoms with Crippen LogP contribution in [0.4, 0.5) is 0 Å². The molecule has 0 aromatic rings. The zero-order chi connectivity index (χ0) is 12.0. The van der Waals surface area contributed by atoms with E-state index in [2.05, 4.69) is 6.58 Å². The number of aliphatic carboxylic acids is 1. The van der Waals surface area contributed by atoms with Crippen molar-refractivity contribution in [3.63, 3.8) is 0 Å². The summed E-state index contributed by atoms with van der Waals surface area (Å²) in [5.74, 6) is 2.42. The first-order valence-corrected chi connectivity index (χ1v) is 4.12. The van der Waals surface area contributed by atoms with Crippen LogP contribution in [-0.2, 0) is 14.4 Å². The number of carboxylic acids is 1. The van der Waals surface area contributed by atoms with Crippen LogP contribution in [0.1, 0.15) is 12.8 Å². The van der Waals surface area contributed by atoms with Crippen LogP contribution in [0.15, 0.2) is 12.7 Å². The second-order valence-corrected chi connectivity index (χ2v) is 2.79. The van der Waals surface area contributed by atoms with E-state index in [1.807, 2.05) is 0 Å². The highest BCUT2D eigenvalue weighted by Crippen LogP contribution is 1.98. The molecule has 0 aromatic heterocycles. The highest BCUT2D eigenvalue weighted by atomic mass is 16.4. The van der Waals surface area contributed by atoms with Crippen LogP contribution in [0.2, 0.25) is 0 Å². The number of carboxylic acid groups (broad SMARTS) is 1. The Bertz CT molecular complexity index is 290. The lowest BCUT2D eigenvalue weighted by atomic mass is 10.1. The van der Waals surface area contributed by atoms with Crippen LogP contribution < -0.4 is 11.6 Å². The smallest absolute Gasteiger partial charge is 0.303 e. The van der Waals surface area contributed by atoms with E-state index in [1.165, 1.54) is 0 Å². The number of imide groups is 1. The predicted molar refractivity (Wildman–Crippen MR) is 51.1 cm³/mol. The Morgan fingerprint density at radius 3 is 2.40 bits per heavy atom. The number of hydrogen-bond acceptors (Lipinski definition) is 5. The van der Waals surface area contributed by atoms with Gasteiger partial charge < -0.3 is 10.8 Å². The van der Waals surface area contributed by atoms with Gasteiger partial charge in [0.2, 0.25) is 0 Å². The van der Waals surface area contributed by atoms with E-state index >= 15 is 0 Å². The normalized spacial score (nSPS) is 11.6. The van der Waals surface area contributed by atoms with E-state index in [9.17, 15) is 14.4 Å². The van der Waals surface area contributed by atoms with Crippen molar-refractivity contribution in [2.24, 2.45) is 11.6 Å². The number of carbonyl (C=O) groups excluding carboxylic acids is 2. The average Bonchev–Trinajstić information content (AvgIpc) is 2.22. The zero-order valence-corrected chi connectivity index (χ0v) is 8.05. The SMILES string of the molecule is C=CC(=O)N(N)C(=O)[C@@H](N)CCC(=O)O. The number of hydrogen-bond donors (Lipinski definition) is 3. The van der Waals surface area contributed by atoms with Crippen LogP contribution in [0.25, 0.3) is 0 Å². The number of amides is 2. The molecule has 7 heteroatoms. The topological polar surface area (TPSA) is 127 Å². The minimum absolute atomic E-state index is 0.0771. The lowest BCUT2D eigenvalue weighted by Gasteiger charge is -2.16. The third-order valence-corrected chi connectivity index (χ3v) is 1.64. The number of rotatable bonds is 5. The first kappa shape index (κ1) is 13.3. The summed E-state index contributed by atoms with van der Waals surface area (Å²) in [7, 11) is 0. The summed E-state index contributed by atoms with van der Waals surface area (Å²) in [6.07, 6.45) is 0.525. The van der Waals surface area contributed by atoms with E-state index in [1.54, 1.807) is 0 Å². The van der Waals surface area contributed by atoms with E-state index < -0.39 is 23.8 Å². The molecule has 1 atom stereocenters. The highest BCUT2D eigenvalue weighted by molar-refractivity contribution is 6.01. The van der Waals surface area contributed by atoms with Crippen LogP contribution in [0.3, 0.4) is 0 Å². The van der Waals surface area contributed by atoms with Gasteiger partial charge in [0.15, 0.2) is 0 Å².